The van der Waals surface area contributed by atoms with Crippen molar-refractivity contribution in [2.24, 2.45) is 4.99 Å². The summed E-state index contributed by atoms with van der Waals surface area (Å²) in [6.07, 6.45) is 0. The molecule has 0 aromatic rings. The van der Waals surface area contributed by atoms with Gasteiger partial charge in [0, 0.05) is 0 Å². The molecule has 0 amide bonds. The second kappa shape index (κ2) is 4.16. The molecule has 0 unspecified atom stereocenters. The molecule has 0 bridgehead atoms. The number of alkyl halides is 1. The highest BCUT2D eigenvalue weighted by atomic mass is 79.9. The maximum Gasteiger partial charge on any atom is 0.340 e. The molecule has 1 rings (SSSR count). The first kappa shape index (κ1) is 13.2. The van der Waals surface area contributed by atoms with Crippen LogP contribution in [0.5, 0.6) is 0 Å². The molecule has 0 spiro atoms. The number of nitrogens with zero attached hydrogens (tertiary/aromatic N) is 1. The van der Waals surface area contributed by atoms with Gasteiger partial charge >= 0.3 is 11.9 Å². The molecule has 1 aliphatic rings. The second-order valence-corrected chi connectivity index (χ2v) is 6.49. The van der Waals surface area contributed by atoms with Crippen molar-refractivity contribution in [2.45, 2.75) is 37.6 Å². The first-order valence-electron chi connectivity index (χ1n) is 4.80. The van der Waals surface area contributed by atoms with Gasteiger partial charge in [0.1, 0.15) is 4.32 Å². The van der Waals surface area contributed by atoms with E-state index in [4.69, 9.17) is 9.47 Å². The third-order valence-corrected chi connectivity index (χ3v) is 2.25. The number of cyclic esters (lactones) is 1. The summed E-state index contributed by atoms with van der Waals surface area (Å²) in [5.74, 6) is -0.729. The fraction of sp³-hybridized carbons (Fsp3) is 0.700. The largest absolute Gasteiger partial charge is 0.455 e. The maximum absolute atomic E-state index is 11.4. The van der Waals surface area contributed by atoms with Crippen LogP contribution in [0.25, 0.3) is 0 Å². The van der Waals surface area contributed by atoms with Crippen molar-refractivity contribution in [3.8, 4) is 0 Å². The summed E-state index contributed by atoms with van der Waals surface area (Å²) in [4.78, 5) is 26.7. The van der Waals surface area contributed by atoms with E-state index in [1.54, 1.807) is 27.7 Å². The molecule has 0 aromatic carbocycles. The fourth-order valence-electron chi connectivity index (χ4n) is 0.973. The van der Waals surface area contributed by atoms with Gasteiger partial charge in [-0.15, -0.1) is 0 Å². The van der Waals surface area contributed by atoms with Gasteiger partial charge in [-0.05, 0) is 27.7 Å². The van der Waals surface area contributed by atoms with Crippen LogP contribution in [0.15, 0.2) is 4.99 Å². The van der Waals surface area contributed by atoms with Gasteiger partial charge in [-0.2, -0.15) is 0 Å². The molecule has 0 aromatic heterocycles. The molecule has 0 N–H and O–H groups in total. The Hall–Kier alpha value is -0.910. The van der Waals surface area contributed by atoms with Gasteiger partial charge in [0.05, 0.1) is 0 Å². The number of halogens is 1. The summed E-state index contributed by atoms with van der Waals surface area (Å²) in [6, 6.07) is 0. The minimum Gasteiger partial charge on any atom is -0.455 e. The van der Waals surface area contributed by atoms with Crippen molar-refractivity contribution in [1.29, 1.82) is 0 Å². The van der Waals surface area contributed by atoms with Gasteiger partial charge in [-0.1, -0.05) is 15.9 Å². The summed E-state index contributed by atoms with van der Waals surface area (Å²) in [5.41, 5.74) is -0.883. The standard InChI is InChI=1S/C10H14BrNO4/c1-9(2,11)7(13)15-5-6-12-10(3,4)8(14)16-6/h5H2,1-4H3. The van der Waals surface area contributed by atoms with E-state index in [1.807, 2.05) is 0 Å². The molecule has 1 aliphatic heterocycles. The molecular weight excluding hydrogens is 278 g/mol. The zero-order chi connectivity index (χ0) is 12.6. The average Bonchev–Trinajstić information content (AvgIpc) is 2.35. The maximum atomic E-state index is 11.4. The Balaban J connectivity index is 2.54. The normalized spacial score (nSPS) is 19.1. The van der Waals surface area contributed by atoms with Crippen molar-refractivity contribution in [3.63, 3.8) is 0 Å². The van der Waals surface area contributed by atoms with Crippen molar-refractivity contribution in [3.05, 3.63) is 0 Å². The lowest BCUT2D eigenvalue weighted by molar-refractivity contribution is -0.145. The number of carbonyl (C=O) groups is 2. The van der Waals surface area contributed by atoms with Crippen LogP contribution in [-0.2, 0) is 19.1 Å². The van der Waals surface area contributed by atoms with Crippen LogP contribution >= 0.6 is 15.9 Å². The first-order valence-corrected chi connectivity index (χ1v) is 5.59. The van der Waals surface area contributed by atoms with E-state index in [0.717, 1.165) is 0 Å². The van der Waals surface area contributed by atoms with Gasteiger partial charge in [-0.25, -0.2) is 9.79 Å². The zero-order valence-electron chi connectivity index (χ0n) is 9.67. The van der Waals surface area contributed by atoms with E-state index in [2.05, 4.69) is 20.9 Å². The molecule has 6 heteroatoms. The molecule has 5 nitrogen and oxygen atoms in total. The van der Waals surface area contributed by atoms with E-state index in [-0.39, 0.29) is 12.5 Å². The van der Waals surface area contributed by atoms with Crippen LogP contribution in [0.2, 0.25) is 0 Å². The van der Waals surface area contributed by atoms with Crippen LogP contribution in [0.3, 0.4) is 0 Å². The van der Waals surface area contributed by atoms with E-state index in [1.165, 1.54) is 0 Å². The van der Waals surface area contributed by atoms with Crippen molar-refractivity contribution in [1.82, 2.24) is 0 Å². The van der Waals surface area contributed by atoms with Crippen LogP contribution in [0.1, 0.15) is 27.7 Å². The minimum absolute atomic E-state index is 0.122. The summed E-state index contributed by atoms with van der Waals surface area (Å²) < 4.78 is 9.04. The molecule has 0 atom stereocenters. The smallest absolute Gasteiger partial charge is 0.340 e. The molecule has 1 heterocycles. The Kier molecular flexibility index (Phi) is 3.42. The molecule has 16 heavy (non-hydrogen) atoms. The van der Waals surface area contributed by atoms with Crippen LogP contribution < -0.4 is 0 Å². The van der Waals surface area contributed by atoms with E-state index in [0.29, 0.717) is 0 Å². The second-order valence-electron chi connectivity index (χ2n) is 4.50. The lowest BCUT2D eigenvalue weighted by Crippen LogP contribution is -2.29. The predicted molar refractivity (Wildman–Crippen MR) is 61.6 cm³/mol. The monoisotopic (exact) mass is 291 g/mol. The molecular formula is C10H14BrNO4. The molecule has 0 saturated carbocycles. The highest BCUT2D eigenvalue weighted by Crippen LogP contribution is 2.20. The molecule has 0 saturated heterocycles. The zero-order valence-corrected chi connectivity index (χ0v) is 11.3. The predicted octanol–water partition coefficient (Wildman–Crippen LogP) is 1.44. The number of carbonyl (C=O) groups excluding carboxylic acids is 2. The van der Waals surface area contributed by atoms with E-state index in [9.17, 15) is 9.59 Å². The van der Waals surface area contributed by atoms with Crippen LogP contribution in [-0.4, -0.2) is 34.3 Å². The molecule has 90 valence electrons. The fourth-order valence-corrected chi connectivity index (χ4v) is 1.09. The third kappa shape index (κ3) is 3.04. The summed E-state index contributed by atoms with van der Waals surface area (Å²) in [7, 11) is 0. The third-order valence-electron chi connectivity index (χ3n) is 1.93. The Morgan fingerprint density at radius 1 is 1.56 bits per heavy atom. The van der Waals surface area contributed by atoms with E-state index < -0.39 is 21.8 Å². The Morgan fingerprint density at radius 2 is 2.12 bits per heavy atom. The van der Waals surface area contributed by atoms with Crippen molar-refractivity contribution in [2.75, 3.05) is 6.61 Å². The highest BCUT2D eigenvalue weighted by Gasteiger charge is 2.37. The number of hydrogen-bond acceptors (Lipinski definition) is 5. The number of hydrogen-bond donors (Lipinski definition) is 0. The van der Waals surface area contributed by atoms with Gasteiger partial charge in [-0.3, -0.25) is 4.79 Å². The average molecular weight is 292 g/mol. The summed E-state index contributed by atoms with van der Waals surface area (Å²) in [6.45, 7) is 6.49. The minimum atomic E-state index is -0.883. The summed E-state index contributed by atoms with van der Waals surface area (Å²) >= 11 is 3.17. The number of ether oxygens (including phenoxy) is 2. The first-order chi connectivity index (χ1) is 7.13. The number of aliphatic imine (C=N–C) groups is 1. The van der Waals surface area contributed by atoms with E-state index >= 15 is 0 Å². The lowest BCUT2D eigenvalue weighted by Gasteiger charge is -2.13. The van der Waals surface area contributed by atoms with Crippen molar-refractivity contribution < 1.29 is 19.1 Å². The van der Waals surface area contributed by atoms with Crippen LogP contribution in [0.4, 0.5) is 0 Å². The molecule has 0 fully saturated rings. The van der Waals surface area contributed by atoms with Gasteiger partial charge in [0.25, 0.3) is 0 Å². The Bertz CT molecular complexity index is 354. The number of esters is 2. The van der Waals surface area contributed by atoms with Crippen LogP contribution in [0, 0.1) is 0 Å². The van der Waals surface area contributed by atoms with Gasteiger partial charge in [0.2, 0.25) is 5.90 Å². The van der Waals surface area contributed by atoms with Gasteiger partial charge in [0.15, 0.2) is 12.1 Å². The Morgan fingerprint density at radius 3 is 2.50 bits per heavy atom. The topological polar surface area (TPSA) is 65.0 Å². The quantitative estimate of drug-likeness (QED) is 0.583. The molecule has 0 aliphatic carbocycles. The molecule has 0 radical (unpaired) electrons. The Labute approximate surface area is 102 Å². The van der Waals surface area contributed by atoms with Crippen molar-refractivity contribution >= 4 is 33.8 Å². The lowest BCUT2D eigenvalue weighted by atomic mass is 10.1. The van der Waals surface area contributed by atoms with Gasteiger partial charge < -0.3 is 9.47 Å². The number of rotatable bonds is 3. The highest BCUT2D eigenvalue weighted by molar-refractivity contribution is 9.10. The SMILES string of the molecule is CC(C)(Br)C(=O)OCC1=NC(C)(C)C(=O)O1. The summed E-state index contributed by atoms with van der Waals surface area (Å²) in [5, 5.41) is 0.